The van der Waals surface area contributed by atoms with E-state index in [9.17, 15) is 15.0 Å². The van der Waals surface area contributed by atoms with E-state index in [4.69, 9.17) is 11.6 Å². The minimum atomic E-state index is -0.790. The normalized spacial score (nSPS) is 12.0. The highest BCUT2D eigenvalue weighted by molar-refractivity contribution is 6.31. The molecule has 0 aliphatic carbocycles. The third kappa shape index (κ3) is 3.41. The van der Waals surface area contributed by atoms with E-state index in [1.54, 1.807) is 18.2 Å². The quantitative estimate of drug-likeness (QED) is 0.632. The summed E-state index contributed by atoms with van der Waals surface area (Å²) < 4.78 is 0. The Labute approximate surface area is 126 Å². The lowest BCUT2D eigenvalue weighted by Gasteiger charge is -2.29. The van der Waals surface area contributed by atoms with Crippen LogP contribution in [0.3, 0.4) is 0 Å². The summed E-state index contributed by atoms with van der Waals surface area (Å²) in [6.45, 7) is 1.68. The zero-order valence-electron chi connectivity index (χ0n) is 11.7. The summed E-state index contributed by atoms with van der Waals surface area (Å²) in [6, 6.07) is 4.89. The van der Waals surface area contributed by atoms with Crippen LogP contribution >= 0.6 is 11.6 Å². The zero-order valence-corrected chi connectivity index (χ0v) is 12.4. The van der Waals surface area contributed by atoms with Gasteiger partial charge in [0.15, 0.2) is 0 Å². The van der Waals surface area contributed by atoms with E-state index in [1.165, 1.54) is 0 Å². The molecule has 6 nitrogen and oxygen atoms in total. The van der Waals surface area contributed by atoms with E-state index >= 15 is 0 Å². The Hall–Kier alpha value is -1.47. The number of aromatic nitrogens is 2. The number of nitrogens with one attached hydrogen (secondary N) is 2. The lowest BCUT2D eigenvalue weighted by Crippen LogP contribution is -2.51. The van der Waals surface area contributed by atoms with Crippen LogP contribution in [0.2, 0.25) is 5.02 Å². The Kier molecular flexibility index (Phi) is 4.95. The molecule has 0 amide bonds. The fourth-order valence-corrected chi connectivity index (χ4v) is 2.19. The van der Waals surface area contributed by atoms with E-state index in [-0.39, 0.29) is 25.3 Å². The summed E-state index contributed by atoms with van der Waals surface area (Å²) >= 11 is 5.91. The van der Waals surface area contributed by atoms with Gasteiger partial charge < -0.3 is 20.5 Å². The summed E-state index contributed by atoms with van der Waals surface area (Å²) in [5.41, 5.74) is -0.524. The molecule has 0 saturated carbocycles. The van der Waals surface area contributed by atoms with Crippen molar-refractivity contribution < 1.29 is 10.2 Å². The Bertz CT molecular complexity index is 674. The van der Waals surface area contributed by atoms with Gasteiger partial charge in [0.05, 0.1) is 36.2 Å². The molecule has 0 atom stereocenters. The lowest BCUT2D eigenvalue weighted by molar-refractivity contribution is 0.0858. The van der Waals surface area contributed by atoms with Gasteiger partial charge in [0, 0.05) is 5.02 Å². The highest BCUT2D eigenvalue weighted by Crippen LogP contribution is 2.15. The van der Waals surface area contributed by atoms with E-state index in [0.717, 1.165) is 0 Å². The predicted molar refractivity (Wildman–Crippen MR) is 81.4 cm³/mol. The van der Waals surface area contributed by atoms with Crippen LogP contribution in [-0.4, -0.2) is 38.9 Å². The molecule has 0 aliphatic heterocycles. The van der Waals surface area contributed by atoms with Crippen LogP contribution in [0, 0.1) is 0 Å². The number of aliphatic hydroxyl groups is 2. The van der Waals surface area contributed by atoms with Gasteiger partial charge in [0.2, 0.25) is 0 Å². The van der Waals surface area contributed by atoms with Crippen LogP contribution in [0.15, 0.2) is 23.0 Å². The maximum absolute atomic E-state index is 12.0. The number of hydrogen-bond donors (Lipinski definition) is 4. The molecule has 0 radical (unpaired) electrons. The van der Waals surface area contributed by atoms with Crippen molar-refractivity contribution in [1.82, 2.24) is 15.3 Å². The van der Waals surface area contributed by atoms with Gasteiger partial charge in [0.1, 0.15) is 5.82 Å². The number of benzene rings is 1. The average molecular weight is 312 g/mol. The van der Waals surface area contributed by atoms with Crippen molar-refractivity contribution in [3.05, 3.63) is 39.4 Å². The summed E-state index contributed by atoms with van der Waals surface area (Å²) in [7, 11) is 0. The topological polar surface area (TPSA) is 98.2 Å². The van der Waals surface area contributed by atoms with Gasteiger partial charge in [-0.1, -0.05) is 18.5 Å². The number of aromatic amines is 1. The Balaban J connectivity index is 2.29. The van der Waals surface area contributed by atoms with Gasteiger partial charge in [-0.3, -0.25) is 4.79 Å². The molecule has 0 aliphatic rings. The summed E-state index contributed by atoms with van der Waals surface area (Å²) in [5, 5.41) is 22.8. The zero-order chi connectivity index (χ0) is 15.5. The molecule has 1 aromatic carbocycles. The van der Waals surface area contributed by atoms with Gasteiger partial charge in [-0.05, 0) is 24.6 Å². The first-order valence-corrected chi connectivity index (χ1v) is 7.06. The first-order valence-electron chi connectivity index (χ1n) is 6.69. The van der Waals surface area contributed by atoms with Crippen LogP contribution in [0.1, 0.15) is 19.2 Å². The lowest BCUT2D eigenvalue weighted by atomic mass is 9.98. The highest BCUT2D eigenvalue weighted by Gasteiger charge is 2.25. The second-order valence-corrected chi connectivity index (χ2v) is 5.41. The molecule has 0 saturated heterocycles. The summed E-state index contributed by atoms with van der Waals surface area (Å²) in [6.07, 6.45) is 0.545. The maximum Gasteiger partial charge on any atom is 0.258 e. The van der Waals surface area contributed by atoms with E-state index in [0.29, 0.717) is 28.2 Å². The Morgan fingerprint density at radius 2 is 2.10 bits per heavy atom. The number of fused-ring (bicyclic) bond motifs is 1. The first-order chi connectivity index (χ1) is 10.0. The monoisotopic (exact) mass is 311 g/mol. The van der Waals surface area contributed by atoms with Gasteiger partial charge >= 0.3 is 0 Å². The molecule has 0 bridgehead atoms. The van der Waals surface area contributed by atoms with Gasteiger partial charge in [-0.25, -0.2) is 4.98 Å². The number of aliphatic hydroxyl groups excluding tert-OH is 2. The second kappa shape index (κ2) is 6.53. The molecule has 4 N–H and O–H groups in total. The van der Waals surface area contributed by atoms with Crippen LogP contribution in [0.25, 0.3) is 10.9 Å². The van der Waals surface area contributed by atoms with Crippen molar-refractivity contribution >= 4 is 22.5 Å². The van der Waals surface area contributed by atoms with Crippen molar-refractivity contribution in [3.8, 4) is 0 Å². The number of H-pyrrole nitrogens is 1. The van der Waals surface area contributed by atoms with Crippen LogP contribution in [0.4, 0.5) is 0 Å². The molecular formula is C14H18ClN3O3. The minimum absolute atomic E-state index is 0.205. The number of rotatable bonds is 6. The van der Waals surface area contributed by atoms with Gasteiger partial charge in [-0.15, -0.1) is 0 Å². The van der Waals surface area contributed by atoms with Crippen LogP contribution in [-0.2, 0) is 6.54 Å². The van der Waals surface area contributed by atoms with Crippen molar-refractivity contribution in [3.63, 3.8) is 0 Å². The molecule has 7 heteroatoms. The van der Waals surface area contributed by atoms with E-state index in [1.807, 2.05) is 6.92 Å². The highest BCUT2D eigenvalue weighted by atomic mass is 35.5. The fourth-order valence-electron chi connectivity index (χ4n) is 2.03. The molecule has 1 aromatic heterocycles. The molecule has 0 spiro atoms. The van der Waals surface area contributed by atoms with Crippen molar-refractivity contribution in [1.29, 1.82) is 0 Å². The molecule has 0 unspecified atom stereocenters. The Morgan fingerprint density at radius 3 is 2.71 bits per heavy atom. The van der Waals surface area contributed by atoms with E-state index in [2.05, 4.69) is 15.3 Å². The minimum Gasteiger partial charge on any atom is -0.394 e. The molecule has 0 fully saturated rings. The number of nitrogens with zero attached hydrogens (tertiary/aromatic N) is 1. The molecule has 2 aromatic rings. The fraction of sp³-hybridized carbons (Fsp3) is 0.429. The summed E-state index contributed by atoms with van der Waals surface area (Å²) in [4.78, 5) is 19.0. The number of hydrogen-bond acceptors (Lipinski definition) is 5. The van der Waals surface area contributed by atoms with Crippen LogP contribution in [0.5, 0.6) is 0 Å². The maximum atomic E-state index is 12.0. The summed E-state index contributed by atoms with van der Waals surface area (Å²) in [5.74, 6) is 0.425. The smallest absolute Gasteiger partial charge is 0.258 e. The molecule has 2 rings (SSSR count). The largest absolute Gasteiger partial charge is 0.394 e. The molecular weight excluding hydrogens is 294 g/mol. The predicted octanol–water partition coefficient (Wildman–Crippen LogP) is 0.799. The third-order valence-electron chi connectivity index (χ3n) is 3.63. The van der Waals surface area contributed by atoms with Gasteiger partial charge in [-0.2, -0.15) is 0 Å². The van der Waals surface area contributed by atoms with E-state index < -0.39 is 5.54 Å². The van der Waals surface area contributed by atoms with Gasteiger partial charge in [0.25, 0.3) is 5.56 Å². The van der Waals surface area contributed by atoms with Crippen molar-refractivity contribution in [2.24, 2.45) is 0 Å². The molecule has 21 heavy (non-hydrogen) atoms. The van der Waals surface area contributed by atoms with Crippen molar-refractivity contribution in [2.75, 3.05) is 13.2 Å². The third-order valence-corrected chi connectivity index (χ3v) is 3.87. The number of halogens is 1. The molecule has 114 valence electrons. The Morgan fingerprint density at radius 1 is 1.38 bits per heavy atom. The average Bonchev–Trinajstić information content (AvgIpc) is 2.49. The van der Waals surface area contributed by atoms with Crippen LogP contribution < -0.4 is 10.9 Å². The standard InChI is InChI=1S/C14H18ClN3O3/c1-2-14(7-19,8-20)16-6-12-17-11-5-9(15)3-4-10(11)13(21)18-12/h3-5,16,19-20H,2,6-8H2,1H3,(H,17,18,21). The second-order valence-electron chi connectivity index (χ2n) is 4.98. The first kappa shape index (κ1) is 15.9. The van der Waals surface area contributed by atoms with Crippen molar-refractivity contribution in [2.45, 2.75) is 25.4 Å². The SMILES string of the molecule is CCC(CO)(CO)NCc1nc2cc(Cl)ccc2c(=O)[nH]1. The molecule has 1 heterocycles.